The Morgan fingerprint density at radius 3 is 2.72 bits per heavy atom. The maximum atomic E-state index is 11.5. The van der Waals surface area contributed by atoms with Gasteiger partial charge in [0.1, 0.15) is 11.9 Å². The van der Waals surface area contributed by atoms with E-state index in [1.807, 2.05) is 0 Å². The normalized spacial score (nSPS) is 13.7. The molecule has 0 spiro atoms. The number of aliphatic hydroxyl groups is 1. The van der Waals surface area contributed by atoms with Crippen LogP contribution in [0.2, 0.25) is 0 Å². The minimum absolute atomic E-state index is 0.0438. The summed E-state index contributed by atoms with van der Waals surface area (Å²) in [5.41, 5.74) is 0. The number of amides is 2. The minimum atomic E-state index is -1.19. The van der Waals surface area contributed by atoms with E-state index in [9.17, 15) is 9.59 Å². The molecular weight excluding hydrogens is 240 g/mol. The van der Waals surface area contributed by atoms with E-state index in [0.717, 1.165) is 0 Å². The van der Waals surface area contributed by atoms with Crippen LogP contribution in [0.3, 0.4) is 0 Å². The number of carbonyl (C=O) groups excluding carboxylic acids is 1. The van der Waals surface area contributed by atoms with Crippen LogP contribution in [0.25, 0.3) is 0 Å². The van der Waals surface area contributed by atoms with E-state index in [0.29, 0.717) is 5.82 Å². The van der Waals surface area contributed by atoms with Crippen LogP contribution in [0.5, 0.6) is 0 Å². The highest BCUT2D eigenvalue weighted by atomic mass is 16.4. The third kappa shape index (κ3) is 4.06. The predicted octanol–water partition coefficient (Wildman–Crippen LogP) is -0.394. The van der Waals surface area contributed by atoms with Crippen LogP contribution in [0.4, 0.5) is 4.79 Å². The minimum Gasteiger partial charge on any atom is -0.480 e. The average molecular weight is 256 g/mol. The van der Waals surface area contributed by atoms with Crippen LogP contribution in [0.1, 0.15) is 25.2 Å². The van der Waals surface area contributed by atoms with E-state index in [4.69, 9.17) is 10.2 Å². The summed E-state index contributed by atoms with van der Waals surface area (Å²) in [6, 6.07) is -2.11. The first-order chi connectivity index (χ1) is 8.54. The van der Waals surface area contributed by atoms with Crippen LogP contribution in [-0.2, 0) is 4.79 Å². The van der Waals surface area contributed by atoms with E-state index in [1.54, 1.807) is 19.3 Å². The summed E-state index contributed by atoms with van der Waals surface area (Å²) >= 11 is 0. The lowest BCUT2D eigenvalue weighted by molar-refractivity contribution is -0.139. The number of H-pyrrole nitrogens is 1. The number of hydrogen-bond donors (Lipinski definition) is 5. The first-order valence-electron chi connectivity index (χ1n) is 5.44. The summed E-state index contributed by atoms with van der Waals surface area (Å²) in [6.45, 7) is 1.39. The molecule has 0 saturated carbocycles. The molecule has 1 aromatic heterocycles. The van der Waals surface area contributed by atoms with Gasteiger partial charge in [-0.2, -0.15) is 0 Å². The van der Waals surface area contributed by atoms with Gasteiger partial charge in [0.2, 0.25) is 0 Å². The SMILES string of the molecule is CC(NC(=O)N[C@H](CCO)C(=O)O)c1ncc[nH]1. The maximum absolute atomic E-state index is 11.5. The monoisotopic (exact) mass is 256 g/mol. The molecule has 8 heteroatoms. The summed E-state index contributed by atoms with van der Waals surface area (Å²) in [7, 11) is 0. The third-order valence-electron chi connectivity index (χ3n) is 2.30. The van der Waals surface area contributed by atoms with Crippen molar-refractivity contribution < 1.29 is 19.8 Å². The highest BCUT2D eigenvalue weighted by molar-refractivity contribution is 5.82. The summed E-state index contributed by atoms with van der Waals surface area (Å²) in [6.07, 6.45) is 3.13. The molecule has 5 N–H and O–H groups in total. The first kappa shape index (κ1) is 14.0. The van der Waals surface area contributed by atoms with Gasteiger partial charge in [-0.3, -0.25) is 0 Å². The number of urea groups is 1. The Morgan fingerprint density at radius 2 is 2.22 bits per heavy atom. The highest BCUT2D eigenvalue weighted by Gasteiger charge is 2.20. The lowest BCUT2D eigenvalue weighted by Gasteiger charge is -2.16. The van der Waals surface area contributed by atoms with Gasteiger partial charge in [0.15, 0.2) is 0 Å². The van der Waals surface area contributed by atoms with Crippen molar-refractivity contribution in [2.24, 2.45) is 0 Å². The van der Waals surface area contributed by atoms with Crippen molar-refractivity contribution in [3.63, 3.8) is 0 Å². The Kier molecular flexibility index (Phi) is 5.12. The zero-order valence-corrected chi connectivity index (χ0v) is 9.88. The second-order valence-corrected chi connectivity index (χ2v) is 3.72. The zero-order chi connectivity index (χ0) is 13.5. The van der Waals surface area contributed by atoms with Crippen LogP contribution >= 0.6 is 0 Å². The standard InChI is InChI=1S/C10H16N4O4/c1-6(8-11-3-4-12-8)13-10(18)14-7(2-5-15)9(16)17/h3-4,6-7,15H,2,5H2,1H3,(H,11,12)(H,16,17)(H2,13,14,18)/t6?,7-/m1/s1. The first-order valence-corrected chi connectivity index (χ1v) is 5.44. The van der Waals surface area contributed by atoms with Crippen molar-refractivity contribution in [3.05, 3.63) is 18.2 Å². The number of nitrogens with one attached hydrogen (secondary N) is 3. The molecule has 0 saturated heterocycles. The number of aromatic nitrogens is 2. The summed E-state index contributed by atoms with van der Waals surface area (Å²) in [5.74, 6) is -0.621. The third-order valence-corrected chi connectivity index (χ3v) is 2.30. The Hall–Kier alpha value is -2.09. The quantitative estimate of drug-likeness (QED) is 0.473. The van der Waals surface area contributed by atoms with Crippen molar-refractivity contribution in [3.8, 4) is 0 Å². The number of carboxylic acid groups (broad SMARTS) is 1. The van der Waals surface area contributed by atoms with Gasteiger partial charge in [0, 0.05) is 25.4 Å². The smallest absolute Gasteiger partial charge is 0.326 e. The van der Waals surface area contributed by atoms with Gasteiger partial charge >= 0.3 is 12.0 Å². The fourth-order valence-electron chi connectivity index (χ4n) is 1.37. The van der Waals surface area contributed by atoms with E-state index < -0.39 is 18.0 Å². The molecule has 0 aromatic carbocycles. The zero-order valence-electron chi connectivity index (χ0n) is 9.88. The molecule has 0 fully saturated rings. The molecule has 2 amide bonds. The van der Waals surface area contributed by atoms with E-state index in [-0.39, 0.29) is 19.1 Å². The van der Waals surface area contributed by atoms with Crippen molar-refractivity contribution >= 4 is 12.0 Å². The topological polar surface area (TPSA) is 127 Å². The van der Waals surface area contributed by atoms with Crippen LogP contribution < -0.4 is 10.6 Å². The molecule has 0 radical (unpaired) electrons. The summed E-state index contributed by atoms with van der Waals surface area (Å²) < 4.78 is 0. The van der Waals surface area contributed by atoms with Crippen LogP contribution in [0.15, 0.2) is 12.4 Å². The average Bonchev–Trinajstić information content (AvgIpc) is 2.81. The number of rotatable bonds is 6. The summed E-state index contributed by atoms with van der Waals surface area (Å²) in [5, 5.41) is 22.3. The van der Waals surface area contributed by atoms with E-state index in [1.165, 1.54) is 0 Å². The molecule has 0 bridgehead atoms. The van der Waals surface area contributed by atoms with Crippen molar-refractivity contribution in [2.45, 2.75) is 25.4 Å². The Labute approximate surface area is 103 Å². The maximum Gasteiger partial charge on any atom is 0.326 e. The number of carboxylic acids is 1. The number of aliphatic hydroxyl groups excluding tert-OH is 1. The summed E-state index contributed by atoms with van der Waals surface area (Å²) in [4.78, 5) is 29.1. The van der Waals surface area contributed by atoms with Gasteiger partial charge in [-0.05, 0) is 6.92 Å². The van der Waals surface area contributed by atoms with Crippen molar-refractivity contribution in [1.29, 1.82) is 0 Å². The van der Waals surface area contributed by atoms with Crippen LogP contribution in [-0.4, -0.2) is 44.8 Å². The Bertz CT molecular complexity index is 393. The fraction of sp³-hybridized carbons (Fsp3) is 0.500. The number of aliphatic carboxylic acids is 1. The van der Waals surface area contributed by atoms with Gasteiger partial charge in [-0.15, -0.1) is 0 Å². The Balaban J connectivity index is 2.47. The van der Waals surface area contributed by atoms with Crippen LogP contribution in [0, 0.1) is 0 Å². The highest BCUT2D eigenvalue weighted by Crippen LogP contribution is 2.04. The van der Waals surface area contributed by atoms with E-state index in [2.05, 4.69) is 20.6 Å². The Morgan fingerprint density at radius 1 is 1.50 bits per heavy atom. The van der Waals surface area contributed by atoms with E-state index >= 15 is 0 Å². The molecule has 8 nitrogen and oxygen atoms in total. The number of carbonyl (C=O) groups is 2. The van der Waals surface area contributed by atoms with Crippen molar-refractivity contribution in [1.82, 2.24) is 20.6 Å². The fourth-order valence-corrected chi connectivity index (χ4v) is 1.37. The van der Waals surface area contributed by atoms with Gasteiger partial charge in [0.05, 0.1) is 6.04 Å². The number of hydrogen-bond acceptors (Lipinski definition) is 4. The molecule has 1 unspecified atom stereocenters. The van der Waals surface area contributed by atoms with Gasteiger partial charge < -0.3 is 25.8 Å². The second-order valence-electron chi connectivity index (χ2n) is 3.72. The molecule has 1 rings (SSSR count). The molecule has 0 aliphatic carbocycles. The number of imidazole rings is 1. The van der Waals surface area contributed by atoms with Gasteiger partial charge in [0.25, 0.3) is 0 Å². The molecule has 2 atom stereocenters. The molecule has 0 aliphatic heterocycles. The molecule has 0 aliphatic rings. The molecular formula is C10H16N4O4. The van der Waals surface area contributed by atoms with Gasteiger partial charge in [-0.1, -0.05) is 0 Å². The number of nitrogens with zero attached hydrogens (tertiary/aromatic N) is 1. The lowest BCUT2D eigenvalue weighted by Crippen LogP contribution is -2.47. The molecule has 1 aromatic rings. The predicted molar refractivity (Wildman–Crippen MR) is 61.8 cm³/mol. The molecule has 100 valence electrons. The molecule has 1 heterocycles. The second kappa shape index (κ2) is 6.60. The largest absolute Gasteiger partial charge is 0.480 e. The lowest BCUT2D eigenvalue weighted by atomic mass is 10.2. The number of aromatic amines is 1. The van der Waals surface area contributed by atoms with Crippen molar-refractivity contribution in [2.75, 3.05) is 6.61 Å². The molecule has 18 heavy (non-hydrogen) atoms. The van der Waals surface area contributed by atoms with Gasteiger partial charge in [-0.25, -0.2) is 14.6 Å².